The molecule has 2 N–H and O–H groups in total. The van der Waals surface area contributed by atoms with Gasteiger partial charge in [0.15, 0.2) is 0 Å². The van der Waals surface area contributed by atoms with Gasteiger partial charge in [0.1, 0.15) is 0 Å². The number of carbonyl (C=O) groups excluding carboxylic acids is 1. The first-order valence-electron chi connectivity index (χ1n) is 8.49. The molecule has 4 nitrogen and oxygen atoms in total. The highest BCUT2D eigenvalue weighted by Gasteiger charge is 2.27. The fourth-order valence-corrected chi connectivity index (χ4v) is 3.14. The Bertz CT molecular complexity index is 505. The largest absolute Gasteiger partial charge is 0.388 e. The molecule has 1 saturated heterocycles. The van der Waals surface area contributed by atoms with Gasteiger partial charge in [-0.15, -0.1) is 0 Å². The maximum Gasteiger partial charge on any atom is 0.251 e. The van der Waals surface area contributed by atoms with Crippen molar-refractivity contribution < 1.29 is 18.7 Å². The third kappa shape index (κ3) is 5.83. The Morgan fingerprint density at radius 3 is 2.50 bits per heavy atom. The number of likely N-dealkylation sites (tertiary alicyclic amines) is 1. The standard InChI is InChI=1S/C18H26F2N2O2/c1-13(11-16(23)14-5-3-2-4-6-14)21-18(24)15-7-9-22(10-8-15)12-17(19)20/h2-6,13,15-17,23H,7-12H2,1H3,(H,21,24)/t13-,16-/m0/s1. The highest BCUT2D eigenvalue weighted by atomic mass is 19.3. The lowest BCUT2D eigenvalue weighted by atomic mass is 9.95. The van der Waals surface area contributed by atoms with E-state index in [2.05, 4.69) is 5.32 Å². The molecule has 2 atom stereocenters. The Kier molecular flexibility index (Phi) is 7.12. The summed E-state index contributed by atoms with van der Waals surface area (Å²) in [6.45, 7) is 2.72. The molecular weight excluding hydrogens is 314 g/mol. The second-order valence-electron chi connectivity index (χ2n) is 6.54. The third-order valence-corrected chi connectivity index (χ3v) is 4.50. The number of nitrogens with one attached hydrogen (secondary N) is 1. The summed E-state index contributed by atoms with van der Waals surface area (Å²) in [6.07, 6.45) is -1.29. The number of aliphatic hydroxyl groups excluding tert-OH is 1. The first-order chi connectivity index (χ1) is 11.5. The summed E-state index contributed by atoms with van der Waals surface area (Å²) in [5, 5.41) is 13.1. The maximum absolute atomic E-state index is 12.4. The van der Waals surface area contributed by atoms with Crippen molar-refractivity contribution in [1.82, 2.24) is 10.2 Å². The first kappa shape index (κ1) is 18.8. The lowest BCUT2D eigenvalue weighted by Gasteiger charge is -2.31. The van der Waals surface area contributed by atoms with Crippen molar-refractivity contribution >= 4 is 5.91 Å². The van der Waals surface area contributed by atoms with Gasteiger partial charge in [-0.2, -0.15) is 0 Å². The average molecular weight is 340 g/mol. The molecule has 2 rings (SSSR count). The van der Waals surface area contributed by atoms with Crippen molar-refractivity contribution in [1.29, 1.82) is 0 Å². The van der Waals surface area contributed by atoms with E-state index in [1.165, 1.54) is 0 Å². The number of amides is 1. The van der Waals surface area contributed by atoms with Gasteiger partial charge in [0.25, 0.3) is 6.43 Å². The molecule has 1 fully saturated rings. The predicted molar refractivity (Wildman–Crippen MR) is 88.8 cm³/mol. The zero-order valence-electron chi connectivity index (χ0n) is 14.0. The second kappa shape index (κ2) is 9.08. The van der Waals surface area contributed by atoms with E-state index in [-0.39, 0.29) is 24.4 Å². The average Bonchev–Trinajstić information content (AvgIpc) is 2.55. The molecule has 0 unspecified atom stereocenters. The van der Waals surface area contributed by atoms with Crippen LogP contribution in [0.15, 0.2) is 30.3 Å². The summed E-state index contributed by atoms with van der Waals surface area (Å²) in [4.78, 5) is 14.0. The van der Waals surface area contributed by atoms with Crippen LogP contribution >= 0.6 is 0 Å². The van der Waals surface area contributed by atoms with Crippen molar-refractivity contribution in [3.8, 4) is 0 Å². The van der Waals surface area contributed by atoms with E-state index in [0.717, 1.165) is 5.56 Å². The van der Waals surface area contributed by atoms with E-state index in [4.69, 9.17) is 0 Å². The molecule has 1 heterocycles. The van der Waals surface area contributed by atoms with Crippen molar-refractivity contribution in [2.75, 3.05) is 19.6 Å². The minimum absolute atomic E-state index is 0.0422. The second-order valence-corrected chi connectivity index (χ2v) is 6.54. The molecule has 1 amide bonds. The molecule has 0 saturated carbocycles. The number of aliphatic hydroxyl groups is 1. The number of hydrogen-bond acceptors (Lipinski definition) is 3. The molecule has 1 aromatic carbocycles. The summed E-state index contributed by atoms with van der Waals surface area (Å²) in [6, 6.07) is 9.20. The molecule has 0 aliphatic carbocycles. The van der Waals surface area contributed by atoms with Gasteiger partial charge < -0.3 is 10.4 Å². The number of alkyl halides is 2. The van der Waals surface area contributed by atoms with Crippen molar-refractivity contribution in [2.45, 2.75) is 44.8 Å². The van der Waals surface area contributed by atoms with Crippen molar-refractivity contribution in [3.05, 3.63) is 35.9 Å². The van der Waals surface area contributed by atoms with Crippen LogP contribution in [-0.4, -0.2) is 48.0 Å². The fourth-order valence-electron chi connectivity index (χ4n) is 3.14. The third-order valence-electron chi connectivity index (χ3n) is 4.50. The Balaban J connectivity index is 1.74. The highest BCUT2D eigenvalue weighted by molar-refractivity contribution is 5.79. The monoisotopic (exact) mass is 340 g/mol. The Morgan fingerprint density at radius 2 is 1.92 bits per heavy atom. The van der Waals surface area contributed by atoms with Crippen LogP contribution in [0.1, 0.15) is 37.9 Å². The van der Waals surface area contributed by atoms with E-state index in [0.29, 0.717) is 32.4 Å². The number of benzene rings is 1. The molecular formula is C18H26F2N2O2. The number of carbonyl (C=O) groups is 1. The molecule has 1 aromatic rings. The van der Waals surface area contributed by atoms with Gasteiger partial charge >= 0.3 is 0 Å². The van der Waals surface area contributed by atoms with Gasteiger partial charge in [-0.3, -0.25) is 9.69 Å². The van der Waals surface area contributed by atoms with E-state index >= 15 is 0 Å². The summed E-state index contributed by atoms with van der Waals surface area (Å²) in [5.41, 5.74) is 0.832. The Labute approximate surface area is 141 Å². The van der Waals surface area contributed by atoms with Crippen LogP contribution in [0.3, 0.4) is 0 Å². The minimum Gasteiger partial charge on any atom is -0.388 e. The van der Waals surface area contributed by atoms with Crippen molar-refractivity contribution in [2.24, 2.45) is 5.92 Å². The lowest BCUT2D eigenvalue weighted by molar-refractivity contribution is -0.127. The van der Waals surface area contributed by atoms with E-state index < -0.39 is 12.5 Å². The van der Waals surface area contributed by atoms with Gasteiger partial charge in [-0.25, -0.2) is 8.78 Å². The topological polar surface area (TPSA) is 52.6 Å². The predicted octanol–water partition coefficient (Wildman–Crippen LogP) is 2.59. The summed E-state index contributed by atoms with van der Waals surface area (Å²) < 4.78 is 24.7. The molecule has 6 heteroatoms. The molecule has 134 valence electrons. The van der Waals surface area contributed by atoms with Gasteiger partial charge in [-0.05, 0) is 44.8 Å². The molecule has 0 bridgehead atoms. The molecule has 24 heavy (non-hydrogen) atoms. The van der Waals surface area contributed by atoms with Crippen LogP contribution in [-0.2, 0) is 4.79 Å². The van der Waals surface area contributed by atoms with Gasteiger partial charge in [-0.1, -0.05) is 30.3 Å². The van der Waals surface area contributed by atoms with Crippen LogP contribution in [0.5, 0.6) is 0 Å². The van der Waals surface area contributed by atoms with Crippen LogP contribution in [0.2, 0.25) is 0 Å². The van der Waals surface area contributed by atoms with Crippen LogP contribution in [0, 0.1) is 5.92 Å². The zero-order chi connectivity index (χ0) is 17.5. The maximum atomic E-state index is 12.4. The number of hydrogen-bond donors (Lipinski definition) is 2. The molecule has 1 aliphatic rings. The summed E-state index contributed by atoms with van der Waals surface area (Å²) in [7, 11) is 0. The van der Waals surface area contributed by atoms with Gasteiger partial charge in [0, 0.05) is 12.0 Å². The van der Waals surface area contributed by atoms with E-state index in [1.807, 2.05) is 37.3 Å². The highest BCUT2D eigenvalue weighted by Crippen LogP contribution is 2.20. The quantitative estimate of drug-likeness (QED) is 0.802. The zero-order valence-corrected chi connectivity index (χ0v) is 14.0. The van der Waals surface area contributed by atoms with Crippen LogP contribution in [0.25, 0.3) is 0 Å². The molecule has 0 radical (unpaired) electrons. The smallest absolute Gasteiger partial charge is 0.251 e. The number of nitrogens with zero attached hydrogens (tertiary/aromatic N) is 1. The summed E-state index contributed by atoms with van der Waals surface area (Å²) in [5.74, 6) is -0.172. The van der Waals surface area contributed by atoms with E-state index in [1.54, 1.807) is 4.90 Å². The fraction of sp³-hybridized carbons (Fsp3) is 0.611. The SMILES string of the molecule is C[C@@H](C[C@H](O)c1ccccc1)NC(=O)C1CCN(CC(F)F)CC1. The minimum atomic E-state index is -2.32. The number of piperidine rings is 1. The molecule has 0 aromatic heterocycles. The van der Waals surface area contributed by atoms with Crippen LogP contribution < -0.4 is 5.32 Å². The van der Waals surface area contributed by atoms with Crippen LogP contribution in [0.4, 0.5) is 8.78 Å². The number of rotatable bonds is 7. The van der Waals surface area contributed by atoms with Gasteiger partial charge in [0.2, 0.25) is 5.91 Å². The number of halogens is 2. The molecule has 1 aliphatic heterocycles. The van der Waals surface area contributed by atoms with Gasteiger partial charge in [0.05, 0.1) is 12.6 Å². The Hall–Kier alpha value is -1.53. The normalized spacial score (nSPS) is 19.2. The lowest BCUT2D eigenvalue weighted by Crippen LogP contribution is -2.44. The Morgan fingerprint density at radius 1 is 1.29 bits per heavy atom. The summed E-state index contributed by atoms with van der Waals surface area (Å²) >= 11 is 0. The molecule has 0 spiro atoms. The van der Waals surface area contributed by atoms with Crippen molar-refractivity contribution in [3.63, 3.8) is 0 Å². The first-order valence-corrected chi connectivity index (χ1v) is 8.49. The van der Waals surface area contributed by atoms with E-state index in [9.17, 15) is 18.7 Å².